The Hall–Kier alpha value is -2.05. The van der Waals surface area contributed by atoms with Crippen LogP contribution in [0.5, 0.6) is 5.88 Å². The van der Waals surface area contributed by atoms with Crippen molar-refractivity contribution in [2.75, 3.05) is 6.54 Å². The number of aromatic nitrogens is 2. The number of hydrogen-bond donors (Lipinski definition) is 3. The van der Waals surface area contributed by atoms with Crippen LogP contribution >= 0.6 is 0 Å². The zero-order valence-electron chi connectivity index (χ0n) is 7.69. The molecule has 15 heavy (non-hydrogen) atoms. The molecule has 0 bridgehead atoms. The molecular weight excluding hydrogens is 202 g/mol. The minimum absolute atomic E-state index is 0.125. The molecule has 1 saturated heterocycles. The molecule has 7 heteroatoms. The van der Waals surface area contributed by atoms with E-state index in [1.54, 1.807) is 0 Å². The number of carbonyl (C=O) groups excluding carboxylic acids is 1. The summed E-state index contributed by atoms with van der Waals surface area (Å²) >= 11 is 0. The minimum atomic E-state index is -0.707. The van der Waals surface area contributed by atoms with Crippen molar-refractivity contribution in [3.8, 4) is 5.88 Å². The third-order valence-electron chi connectivity index (χ3n) is 2.28. The summed E-state index contributed by atoms with van der Waals surface area (Å²) in [4.78, 5) is 35.2. The number of amides is 1. The summed E-state index contributed by atoms with van der Waals surface area (Å²) in [6, 6.07) is 0.464. The van der Waals surface area contributed by atoms with Gasteiger partial charge in [0.2, 0.25) is 11.8 Å². The molecule has 0 spiro atoms. The van der Waals surface area contributed by atoms with E-state index in [2.05, 4.69) is 5.32 Å². The molecule has 1 aliphatic rings. The lowest BCUT2D eigenvalue weighted by atomic mass is 10.2. The van der Waals surface area contributed by atoms with Crippen molar-refractivity contribution >= 4 is 5.91 Å². The largest absolute Gasteiger partial charge is 0.494 e. The summed E-state index contributed by atoms with van der Waals surface area (Å²) in [6.07, 6.45) is 0.125. The van der Waals surface area contributed by atoms with Crippen molar-refractivity contribution in [3.05, 3.63) is 26.9 Å². The van der Waals surface area contributed by atoms with E-state index >= 15 is 0 Å². The van der Waals surface area contributed by atoms with Crippen LogP contribution in [0.15, 0.2) is 15.7 Å². The fraction of sp³-hybridized carbons (Fsp3) is 0.375. The highest BCUT2D eigenvalue weighted by Crippen LogP contribution is 2.17. The lowest BCUT2D eigenvalue weighted by Gasteiger charge is -2.12. The van der Waals surface area contributed by atoms with Gasteiger partial charge in [-0.05, 0) is 0 Å². The van der Waals surface area contributed by atoms with E-state index in [1.807, 2.05) is 4.98 Å². The highest BCUT2D eigenvalue weighted by Gasteiger charge is 2.25. The number of H-pyrrole nitrogens is 1. The summed E-state index contributed by atoms with van der Waals surface area (Å²) < 4.78 is 0.999. The Morgan fingerprint density at radius 2 is 2.13 bits per heavy atom. The Kier molecular flexibility index (Phi) is 2.07. The molecule has 1 aromatic heterocycles. The van der Waals surface area contributed by atoms with Crippen LogP contribution in [0, 0.1) is 0 Å². The molecule has 1 atom stereocenters. The van der Waals surface area contributed by atoms with E-state index < -0.39 is 23.2 Å². The number of aromatic amines is 1. The van der Waals surface area contributed by atoms with Crippen LogP contribution in [0.25, 0.3) is 0 Å². The first-order valence-corrected chi connectivity index (χ1v) is 4.39. The fourth-order valence-corrected chi connectivity index (χ4v) is 1.62. The molecule has 80 valence electrons. The quantitative estimate of drug-likeness (QED) is 0.515. The Morgan fingerprint density at radius 1 is 1.40 bits per heavy atom. The Labute approximate surface area is 83.4 Å². The van der Waals surface area contributed by atoms with Crippen LogP contribution in [0.4, 0.5) is 0 Å². The number of hydrogen-bond acceptors (Lipinski definition) is 4. The summed E-state index contributed by atoms with van der Waals surface area (Å²) in [6.45, 7) is 0.276. The zero-order valence-corrected chi connectivity index (χ0v) is 7.69. The second-order valence-corrected chi connectivity index (χ2v) is 3.33. The molecule has 3 N–H and O–H groups in total. The molecule has 1 amide bonds. The second-order valence-electron chi connectivity index (χ2n) is 3.33. The molecule has 0 saturated carbocycles. The summed E-state index contributed by atoms with van der Waals surface area (Å²) in [5.41, 5.74) is -1.37. The normalized spacial score (nSPS) is 20.3. The summed E-state index contributed by atoms with van der Waals surface area (Å²) in [5.74, 6) is -0.609. The first-order valence-electron chi connectivity index (χ1n) is 4.39. The predicted molar refractivity (Wildman–Crippen MR) is 49.7 cm³/mol. The lowest BCUT2D eigenvalue weighted by Crippen LogP contribution is -2.32. The van der Waals surface area contributed by atoms with Crippen molar-refractivity contribution in [2.24, 2.45) is 0 Å². The fourth-order valence-electron chi connectivity index (χ4n) is 1.62. The van der Waals surface area contributed by atoms with Gasteiger partial charge >= 0.3 is 5.69 Å². The summed E-state index contributed by atoms with van der Waals surface area (Å²) in [7, 11) is 0. The van der Waals surface area contributed by atoms with Crippen molar-refractivity contribution in [3.63, 3.8) is 0 Å². The average Bonchev–Trinajstić information content (AvgIpc) is 2.49. The van der Waals surface area contributed by atoms with Crippen molar-refractivity contribution in [2.45, 2.75) is 12.5 Å². The highest BCUT2D eigenvalue weighted by molar-refractivity contribution is 5.78. The van der Waals surface area contributed by atoms with Crippen molar-refractivity contribution in [1.82, 2.24) is 14.9 Å². The van der Waals surface area contributed by atoms with Gasteiger partial charge < -0.3 is 10.4 Å². The van der Waals surface area contributed by atoms with Crippen molar-refractivity contribution in [1.29, 1.82) is 0 Å². The Bertz CT molecular complexity index is 515. The van der Waals surface area contributed by atoms with Gasteiger partial charge in [-0.3, -0.25) is 19.1 Å². The molecule has 7 nitrogen and oxygen atoms in total. The molecule has 1 fully saturated rings. The SMILES string of the molecule is O=C1CC(n2c(O)cc(=O)[nH]c2=O)CN1. The molecule has 1 aromatic rings. The molecule has 0 radical (unpaired) electrons. The van der Waals surface area contributed by atoms with E-state index in [1.165, 1.54) is 0 Å². The van der Waals surface area contributed by atoms with Gasteiger partial charge in [0.1, 0.15) is 0 Å². The van der Waals surface area contributed by atoms with E-state index in [9.17, 15) is 19.5 Å². The second kappa shape index (κ2) is 3.26. The van der Waals surface area contributed by atoms with Gasteiger partial charge in [0, 0.05) is 13.0 Å². The number of nitrogens with one attached hydrogen (secondary N) is 2. The molecule has 2 rings (SSSR count). The van der Waals surface area contributed by atoms with Crippen LogP contribution in [0.3, 0.4) is 0 Å². The van der Waals surface area contributed by atoms with Gasteiger partial charge in [0.25, 0.3) is 5.56 Å². The van der Waals surface area contributed by atoms with E-state index in [0.29, 0.717) is 0 Å². The maximum atomic E-state index is 11.4. The van der Waals surface area contributed by atoms with Gasteiger partial charge in [-0.2, -0.15) is 0 Å². The molecule has 1 aliphatic heterocycles. The molecular formula is C8H9N3O4. The minimum Gasteiger partial charge on any atom is -0.494 e. The number of nitrogens with zero attached hydrogens (tertiary/aromatic N) is 1. The van der Waals surface area contributed by atoms with Crippen LogP contribution in [-0.4, -0.2) is 27.1 Å². The maximum absolute atomic E-state index is 11.4. The van der Waals surface area contributed by atoms with Crippen LogP contribution in [0.1, 0.15) is 12.5 Å². The van der Waals surface area contributed by atoms with Crippen molar-refractivity contribution < 1.29 is 9.90 Å². The maximum Gasteiger partial charge on any atom is 0.331 e. The van der Waals surface area contributed by atoms with E-state index in [-0.39, 0.29) is 18.9 Å². The monoisotopic (exact) mass is 211 g/mol. The van der Waals surface area contributed by atoms with Gasteiger partial charge in [0.15, 0.2) is 0 Å². The predicted octanol–water partition coefficient (Wildman–Crippen LogP) is -1.70. The van der Waals surface area contributed by atoms with E-state index in [0.717, 1.165) is 10.6 Å². The first-order chi connectivity index (χ1) is 7.08. The molecule has 2 heterocycles. The van der Waals surface area contributed by atoms with Gasteiger partial charge in [-0.15, -0.1) is 0 Å². The molecule has 1 unspecified atom stereocenters. The molecule has 0 aliphatic carbocycles. The summed E-state index contributed by atoms with van der Waals surface area (Å²) in [5, 5.41) is 12.0. The van der Waals surface area contributed by atoms with Gasteiger partial charge in [-0.25, -0.2) is 4.79 Å². The van der Waals surface area contributed by atoms with Gasteiger partial charge in [0.05, 0.1) is 12.1 Å². The average molecular weight is 211 g/mol. The Morgan fingerprint density at radius 3 is 2.67 bits per heavy atom. The first kappa shape index (κ1) is 9.50. The van der Waals surface area contributed by atoms with Crippen LogP contribution in [-0.2, 0) is 4.79 Å². The van der Waals surface area contributed by atoms with Gasteiger partial charge in [-0.1, -0.05) is 0 Å². The third kappa shape index (κ3) is 1.63. The number of carbonyl (C=O) groups is 1. The topological polar surface area (TPSA) is 104 Å². The number of rotatable bonds is 1. The van der Waals surface area contributed by atoms with Crippen LogP contribution in [0.2, 0.25) is 0 Å². The Balaban J connectivity index is 2.49. The number of aromatic hydroxyl groups is 1. The lowest BCUT2D eigenvalue weighted by molar-refractivity contribution is -0.119. The smallest absolute Gasteiger partial charge is 0.331 e. The molecule has 0 aromatic carbocycles. The zero-order chi connectivity index (χ0) is 11.0. The highest BCUT2D eigenvalue weighted by atomic mass is 16.3. The third-order valence-corrected chi connectivity index (χ3v) is 2.28. The van der Waals surface area contributed by atoms with Crippen LogP contribution < -0.4 is 16.6 Å². The standard InChI is InChI=1S/C8H9N3O4/c12-5-1-4(3-9-5)11-7(14)2-6(13)10-8(11)15/h2,4,14H,1,3H2,(H,9,12)(H,10,13,15). The van der Waals surface area contributed by atoms with E-state index in [4.69, 9.17) is 0 Å².